The Hall–Kier alpha value is -4.27. The van der Waals surface area contributed by atoms with Crippen LogP contribution in [0.2, 0.25) is 0 Å². The number of hydrogen-bond donors (Lipinski definition) is 1. The maximum absolute atomic E-state index is 13.7. The molecule has 0 radical (unpaired) electrons. The molecule has 4 aromatic rings. The molecule has 0 saturated carbocycles. The standard InChI is InChI=1S/C31H34FN5O3/c1-20(21-8-6-5-7-9-21)34-29-33-17-14-25(35-29)27-26(22-10-12-24(32)13-11-22)36-28(39-27)23-15-18-37(19-16-23)30(38)40-31(2,3)4/h5-14,17,20,23H,15-16,18-19H2,1-4H3,(H,33,34,35)/t20-/m0/s1. The molecule has 2 aromatic heterocycles. The molecule has 8 nitrogen and oxygen atoms in total. The second-order valence-electron chi connectivity index (χ2n) is 11.0. The SMILES string of the molecule is C[C@H](Nc1nccc(-c2oc(C3CCN(C(=O)OC(C)(C)C)CC3)nc2-c2ccc(F)cc2)n1)c1ccccc1. The molecule has 1 saturated heterocycles. The van der Waals surface area contributed by atoms with Crippen molar-refractivity contribution in [2.75, 3.05) is 18.4 Å². The van der Waals surface area contributed by atoms with Crippen LogP contribution in [0.4, 0.5) is 15.1 Å². The van der Waals surface area contributed by atoms with E-state index >= 15 is 0 Å². The van der Waals surface area contributed by atoms with E-state index in [0.717, 1.165) is 11.1 Å². The smallest absolute Gasteiger partial charge is 0.410 e. The predicted octanol–water partition coefficient (Wildman–Crippen LogP) is 7.23. The molecule has 208 valence electrons. The van der Waals surface area contributed by atoms with Crippen molar-refractivity contribution in [1.29, 1.82) is 0 Å². The average Bonchev–Trinajstić information content (AvgIpc) is 3.39. The third kappa shape index (κ3) is 6.47. The lowest BCUT2D eigenvalue weighted by molar-refractivity contribution is 0.0199. The first-order valence-corrected chi connectivity index (χ1v) is 13.6. The summed E-state index contributed by atoms with van der Waals surface area (Å²) in [6, 6.07) is 18.0. The number of carbonyl (C=O) groups excluding carboxylic acids is 1. The Balaban J connectivity index is 1.41. The molecule has 1 atom stereocenters. The number of oxazole rings is 1. The van der Waals surface area contributed by atoms with E-state index in [2.05, 4.69) is 10.3 Å². The van der Waals surface area contributed by atoms with E-state index in [-0.39, 0.29) is 23.9 Å². The van der Waals surface area contributed by atoms with Gasteiger partial charge in [-0.15, -0.1) is 0 Å². The third-order valence-corrected chi connectivity index (χ3v) is 6.79. The number of aromatic nitrogens is 3. The molecule has 0 bridgehead atoms. The fourth-order valence-corrected chi connectivity index (χ4v) is 4.70. The Morgan fingerprint density at radius 2 is 1.75 bits per heavy atom. The van der Waals surface area contributed by atoms with E-state index in [1.54, 1.807) is 29.3 Å². The topological polar surface area (TPSA) is 93.4 Å². The number of amides is 1. The molecule has 1 fully saturated rings. The Labute approximate surface area is 233 Å². The molecule has 40 heavy (non-hydrogen) atoms. The molecule has 1 amide bonds. The molecule has 0 unspecified atom stereocenters. The summed E-state index contributed by atoms with van der Waals surface area (Å²) in [5, 5.41) is 3.35. The number of carbonyl (C=O) groups is 1. The summed E-state index contributed by atoms with van der Waals surface area (Å²) >= 11 is 0. The fraction of sp³-hybridized carbons (Fsp3) is 0.355. The number of nitrogens with one attached hydrogen (secondary N) is 1. The molecule has 9 heteroatoms. The highest BCUT2D eigenvalue weighted by Gasteiger charge is 2.31. The van der Waals surface area contributed by atoms with E-state index in [4.69, 9.17) is 19.1 Å². The number of halogens is 1. The van der Waals surface area contributed by atoms with Crippen LogP contribution in [-0.4, -0.2) is 44.6 Å². The summed E-state index contributed by atoms with van der Waals surface area (Å²) in [6.45, 7) is 8.72. The number of benzene rings is 2. The number of ether oxygens (including phenoxy) is 1. The minimum Gasteiger partial charge on any atom is -0.444 e. The zero-order valence-electron chi connectivity index (χ0n) is 23.2. The van der Waals surface area contributed by atoms with Crippen LogP contribution in [-0.2, 0) is 4.74 Å². The minimum absolute atomic E-state index is 0.00605. The number of piperidine rings is 1. The Bertz CT molecular complexity index is 1440. The maximum Gasteiger partial charge on any atom is 0.410 e. The van der Waals surface area contributed by atoms with Crippen molar-refractivity contribution in [1.82, 2.24) is 19.9 Å². The van der Waals surface area contributed by atoms with E-state index in [9.17, 15) is 9.18 Å². The van der Waals surface area contributed by atoms with Crippen LogP contribution < -0.4 is 5.32 Å². The Kier molecular flexibility index (Phi) is 7.82. The minimum atomic E-state index is -0.542. The van der Waals surface area contributed by atoms with Gasteiger partial charge in [0.25, 0.3) is 0 Å². The van der Waals surface area contributed by atoms with E-state index < -0.39 is 5.60 Å². The van der Waals surface area contributed by atoms with Crippen molar-refractivity contribution < 1.29 is 18.3 Å². The molecule has 5 rings (SSSR count). The molecular weight excluding hydrogens is 509 g/mol. The third-order valence-electron chi connectivity index (χ3n) is 6.79. The predicted molar refractivity (Wildman–Crippen MR) is 151 cm³/mol. The van der Waals surface area contributed by atoms with Gasteiger partial charge < -0.3 is 19.4 Å². The van der Waals surface area contributed by atoms with Gasteiger partial charge >= 0.3 is 6.09 Å². The zero-order chi connectivity index (χ0) is 28.3. The average molecular weight is 544 g/mol. The molecule has 1 aliphatic heterocycles. The van der Waals surface area contributed by atoms with Crippen molar-refractivity contribution in [3.05, 3.63) is 84.1 Å². The summed E-state index contributed by atoms with van der Waals surface area (Å²) in [6.07, 6.45) is 2.75. The van der Waals surface area contributed by atoms with E-state index in [1.807, 2.05) is 58.0 Å². The van der Waals surface area contributed by atoms with E-state index in [0.29, 0.717) is 54.9 Å². The van der Waals surface area contributed by atoms with Crippen molar-refractivity contribution >= 4 is 12.0 Å². The normalized spacial score (nSPS) is 15.1. The number of nitrogens with zero attached hydrogens (tertiary/aromatic N) is 4. The van der Waals surface area contributed by atoms with Gasteiger partial charge in [-0.1, -0.05) is 30.3 Å². The summed E-state index contributed by atoms with van der Waals surface area (Å²) in [4.78, 5) is 28.3. The van der Waals surface area contributed by atoms with Crippen LogP contribution >= 0.6 is 0 Å². The van der Waals surface area contributed by atoms with Gasteiger partial charge in [0.1, 0.15) is 22.8 Å². The first-order chi connectivity index (χ1) is 19.2. The first-order valence-electron chi connectivity index (χ1n) is 13.6. The molecule has 0 spiro atoms. The molecule has 0 aliphatic carbocycles. The Morgan fingerprint density at radius 3 is 2.42 bits per heavy atom. The van der Waals surface area contributed by atoms with Crippen LogP contribution in [0, 0.1) is 5.82 Å². The van der Waals surface area contributed by atoms with Crippen LogP contribution in [0.1, 0.15) is 64.0 Å². The second-order valence-corrected chi connectivity index (χ2v) is 11.0. The van der Waals surface area contributed by atoms with Gasteiger partial charge in [0.2, 0.25) is 5.95 Å². The highest BCUT2D eigenvalue weighted by molar-refractivity contribution is 5.75. The van der Waals surface area contributed by atoms with Gasteiger partial charge in [-0.25, -0.2) is 24.1 Å². The molecule has 3 heterocycles. The largest absolute Gasteiger partial charge is 0.444 e. The zero-order valence-corrected chi connectivity index (χ0v) is 23.2. The lowest BCUT2D eigenvalue weighted by atomic mass is 9.97. The summed E-state index contributed by atoms with van der Waals surface area (Å²) in [7, 11) is 0. The number of likely N-dealkylation sites (tertiary alicyclic amines) is 1. The Morgan fingerprint density at radius 1 is 1.05 bits per heavy atom. The summed E-state index contributed by atoms with van der Waals surface area (Å²) in [5.74, 6) is 1.22. The van der Waals surface area contributed by atoms with Crippen molar-refractivity contribution in [3.63, 3.8) is 0 Å². The van der Waals surface area contributed by atoms with Crippen molar-refractivity contribution in [2.45, 2.75) is 58.1 Å². The van der Waals surface area contributed by atoms with Gasteiger partial charge in [-0.05, 0) is 76.4 Å². The number of hydrogen-bond acceptors (Lipinski definition) is 7. The quantitative estimate of drug-likeness (QED) is 0.274. The fourth-order valence-electron chi connectivity index (χ4n) is 4.70. The summed E-state index contributed by atoms with van der Waals surface area (Å²) < 4.78 is 25.6. The van der Waals surface area contributed by atoms with Gasteiger partial charge in [-0.3, -0.25) is 0 Å². The van der Waals surface area contributed by atoms with Gasteiger partial charge in [-0.2, -0.15) is 0 Å². The maximum atomic E-state index is 13.7. The van der Waals surface area contributed by atoms with Crippen molar-refractivity contribution in [3.8, 4) is 22.7 Å². The van der Waals surface area contributed by atoms with Crippen LogP contribution in [0.25, 0.3) is 22.7 Å². The highest BCUT2D eigenvalue weighted by Crippen LogP contribution is 2.37. The number of rotatable bonds is 6. The monoisotopic (exact) mass is 543 g/mol. The highest BCUT2D eigenvalue weighted by atomic mass is 19.1. The van der Waals surface area contributed by atoms with Crippen molar-refractivity contribution in [2.24, 2.45) is 0 Å². The summed E-state index contributed by atoms with van der Waals surface area (Å²) in [5.41, 5.74) is 2.46. The molecule has 1 aliphatic rings. The van der Waals surface area contributed by atoms with Crippen LogP contribution in [0.15, 0.2) is 71.3 Å². The van der Waals surface area contributed by atoms with Crippen LogP contribution in [0.5, 0.6) is 0 Å². The molecule has 2 aromatic carbocycles. The van der Waals surface area contributed by atoms with E-state index in [1.165, 1.54) is 12.1 Å². The molecule has 1 N–H and O–H groups in total. The van der Waals surface area contributed by atoms with Gasteiger partial charge in [0.15, 0.2) is 11.7 Å². The number of anilines is 1. The second kappa shape index (κ2) is 11.5. The first kappa shape index (κ1) is 27.3. The lowest BCUT2D eigenvalue weighted by Gasteiger charge is -2.32. The van der Waals surface area contributed by atoms with Crippen LogP contribution in [0.3, 0.4) is 0 Å². The van der Waals surface area contributed by atoms with Gasteiger partial charge in [0, 0.05) is 30.8 Å². The molecular formula is C31H34FN5O3. The lowest BCUT2D eigenvalue weighted by Crippen LogP contribution is -2.41. The van der Waals surface area contributed by atoms with Gasteiger partial charge in [0.05, 0.1) is 6.04 Å².